The van der Waals surface area contributed by atoms with Crippen molar-refractivity contribution in [2.24, 2.45) is 0 Å². The Labute approximate surface area is 532 Å². The lowest BCUT2D eigenvalue weighted by molar-refractivity contribution is -0.143. The van der Waals surface area contributed by atoms with Gasteiger partial charge in [0.2, 0.25) is 5.91 Å². The highest BCUT2D eigenvalue weighted by atomic mass is 16.5. The van der Waals surface area contributed by atoms with Gasteiger partial charge in [-0.25, -0.2) is 0 Å². The molecule has 0 rings (SSSR count). The van der Waals surface area contributed by atoms with Crippen LogP contribution in [0.1, 0.15) is 431 Å². The summed E-state index contributed by atoms with van der Waals surface area (Å²) in [6.45, 7) is 4.93. The molecule has 2 unspecified atom stereocenters. The van der Waals surface area contributed by atoms with Crippen molar-refractivity contribution in [1.29, 1.82) is 0 Å². The summed E-state index contributed by atoms with van der Waals surface area (Å²) in [5.74, 6) is -0.0470. The molecule has 0 aromatic carbocycles. The summed E-state index contributed by atoms with van der Waals surface area (Å²) in [5, 5.41) is 23.2. The highest BCUT2D eigenvalue weighted by Crippen LogP contribution is 2.19. The van der Waals surface area contributed by atoms with Crippen LogP contribution in [-0.4, -0.2) is 47.4 Å². The molecule has 0 bridgehead atoms. The first-order valence-electron chi connectivity index (χ1n) is 38.8. The first-order chi connectivity index (χ1) is 42.0. The molecule has 502 valence electrons. The largest absolute Gasteiger partial charge is 0.466 e. The lowest BCUT2D eigenvalue weighted by atomic mass is 10.0. The van der Waals surface area contributed by atoms with Crippen molar-refractivity contribution in [3.05, 3.63) is 36.5 Å². The molecule has 0 aliphatic rings. The van der Waals surface area contributed by atoms with Crippen molar-refractivity contribution in [2.75, 3.05) is 13.2 Å². The highest BCUT2D eigenvalue weighted by molar-refractivity contribution is 5.76. The molecule has 0 radical (unpaired) electrons. The average Bonchev–Trinajstić information content (AvgIpc) is 3.52. The molecule has 0 spiro atoms. The van der Waals surface area contributed by atoms with E-state index in [9.17, 15) is 19.8 Å². The molecule has 0 aliphatic heterocycles. The van der Waals surface area contributed by atoms with Gasteiger partial charge in [-0.15, -0.1) is 0 Å². The fourth-order valence-corrected chi connectivity index (χ4v) is 12.2. The Morgan fingerprint density at radius 2 is 0.553 bits per heavy atom. The maximum atomic E-state index is 12.5. The SMILES string of the molecule is CCCCCCCCC/C=C\CCCCCCCC(=O)OCCCCCCCCCCCCCCCCCC/C=C\CCCCCCCCCCCCCCCCCCCC(=O)NC(CO)C(O)/C=C/CCCCCCCCCCCCCCC. The third-order valence-electron chi connectivity index (χ3n) is 18.1. The van der Waals surface area contributed by atoms with E-state index in [1.54, 1.807) is 6.08 Å². The molecule has 0 saturated carbocycles. The monoisotopic (exact) mass is 1190 g/mol. The first-order valence-corrected chi connectivity index (χ1v) is 38.8. The van der Waals surface area contributed by atoms with Gasteiger partial charge in [-0.1, -0.05) is 371 Å². The minimum absolute atomic E-state index is 0.0144. The van der Waals surface area contributed by atoms with E-state index in [1.807, 2.05) is 6.08 Å². The molecule has 3 N–H and O–H groups in total. The Hall–Kier alpha value is -1.92. The topological polar surface area (TPSA) is 95.9 Å². The number of rotatable bonds is 73. The minimum atomic E-state index is -0.841. The lowest BCUT2D eigenvalue weighted by Crippen LogP contribution is -2.45. The van der Waals surface area contributed by atoms with Crippen molar-refractivity contribution >= 4 is 11.9 Å². The summed E-state index contributed by atoms with van der Waals surface area (Å²) in [6.07, 6.45) is 97.0. The second-order valence-electron chi connectivity index (χ2n) is 26.7. The molecule has 0 fully saturated rings. The number of ether oxygens (including phenoxy) is 1. The van der Waals surface area contributed by atoms with Gasteiger partial charge >= 0.3 is 5.97 Å². The molecule has 0 heterocycles. The van der Waals surface area contributed by atoms with Crippen LogP contribution in [0.15, 0.2) is 36.5 Å². The Balaban J connectivity index is 3.33. The van der Waals surface area contributed by atoms with E-state index in [-0.39, 0.29) is 18.5 Å². The van der Waals surface area contributed by atoms with E-state index >= 15 is 0 Å². The second-order valence-corrected chi connectivity index (χ2v) is 26.7. The number of carbonyl (C=O) groups is 2. The Bertz CT molecular complexity index is 1380. The van der Waals surface area contributed by atoms with E-state index < -0.39 is 12.1 Å². The summed E-state index contributed by atoms with van der Waals surface area (Å²) in [7, 11) is 0. The summed E-state index contributed by atoms with van der Waals surface area (Å²) in [4.78, 5) is 24.6. The van der Waals surface area contributed by atoms with E-state index in [0.29, 0.717) is 19.4 Å². The Kier molecular flexibility index (Phi) is 72.9. The van der Waals surface area contributed by atoms with Gasteiger partial charge in [-0.2, -0.15) is 0 Å². The molecule has 0 saturated heterocycles. The fraction of sp³-hybridized carbons (Fsp3) is 0.899. The number of nitrogens with one attached hydrogen (secondary N) is 1. The molecule has 1 amide bonds. The van der Waals surface area contributed by atoms with Crippen LogP contribution in [-0.2, 0) is 14.3 Å². The summed E-state index contributed by atoms with van der Waals surface area (Å²) in [5.41, 5.74) is 0. The number of unbranched alkanes of at least 4 members (excludes halogenated alkanes) is 58. The van der Waals surface area contributed by atoms with Gasteiger partial charge in [0.25, 0.3) is 0 Å². The molecule has 6 heteroatoms. The predicted octanol–water partition coefficient (Wildman–Crippen LogP) is 25.4. The number of aliphatic hydroxyl groups excluding tert-OH is 2. The molecule has 85 heavy (non-hydrogen) atoms. The molecule has 6 nitrogen and oxygen atoms in total. The smallest absolute Gasteiger partial charge is 0.305 e. The van der Waals surface area contributed by atoms with Crippen molar-refractivity contribution in [3.63, 3.8) is 0 Å². The van der Waals surface area contributed by atoms with Crippen LogP contribution in [0.2, 0.25) is 0 Å². The van der Waals surface area contributed by atoms with E-state index in [2.05, 4.69) is 43.5 Å². The van der Waals surface area contributed by atoms with E-state index in [0.717, 1.165) is 44.9 Å². The number of amides is 1. The standard InChI is InChI=1S/C79H151NO5/c1-3-5-7-9-11-13-15-17-19-45-49-53-57-61-65-69-73-79(84)85-74-70-66-62-58-54-50-46-42-40-38-36-34-32-30-28-26-24-22-20-21-23-25-27-29-31-33-35-37-39-41-44-48-52-56-60-64-68-72-78(83)80-76(75-81)77(82)71-67-63-59-55-51-47-43-18-16-14-12-10-8-6-4-2/h19-20,22,45,67,71,76-77,81-82H,3-18,21,23-44,46-66,68-70,72-75H2,1-2H3,(H,80,83)/b22-20-,45-19-,71-67+. The average molecular weight is 1200 g/mol. The molecular formula is C79H151NO5. The van der Waals surface area contributed by atoms with Crippen LogP contribution < -0.4 is 5.32 Å². The number of carbonyl (C=O) groups excluding carboxylic acids is 2. The third-order valence-corrected chi connectivity index (χ3v) is 18.1. The van der Waals surface area contributed by atoms with Crippen LogP contribution in [0.25, 0.3) is 0 Å². The van der Waals surface area contributed by atoms with Gasteiger partial charge in [0.05, 0.1) is 25.4 Å². The van der Waals surface area contributed by atoms with Crippen LogP contribution in [0, 0.1) is 0 Å². The fourth-order valence-electron chi connectivity index (χ4n) is 12.2. The number of hydrogen-bond donors (Lipinski definition) is 3. The third kappa shape index (κ3) is 71.0. The molecular weight excluding hydrogens is 1040 g/mol. The normalized spacial score (nSPS) is 12.7. The maximum absolute atomic E-state index is 12.5. The number of allylic oxidation sites excluding steroid dienone is 5. The van der Waals surface area contributed by atoms with E-state index in [4.69, 9.17) is 4.74 Å². The molecule has 2 atom stereocenters. The second kappa shape index (κ2) is 74.5. The predicted molar refractivity (Wildman–Crippen MR) is 375 cm³/mol. The zero-order valence-electron chi connectivity index (χ0n) is 57.6. The molecule has 0 aromatic heterocycles. The van der Waals surface area contributed by atoms with Gasteiger partial charge in [0, 0.05) is 12.8 Å². The first kappa shape index (κ1) is 83.1. The van der Waals surface area contributed by atoms with E-state index in [1.165, 1.54) is 360 Å². The summed E-state index contributed by atoms with van der Waals surface area (Å²) >= 11 is 0. The van der Waals surface area contributed by atoms with Crippen LogP contribution in [0.5, 0.6) is 0 Å². The summed E-state index contributed by atoms with van der Waals surface area (Å²) in [6, 6.07) is -0.625. The highest BCUT2D eigenvalue weighted by Gasteiger charge is 2.18. The Morgan fingerprint density at radius 3 is 0.835 bits per heavy atom. The lowest BCUT2D eigenvalue weighted by Gasteiger charge is -2.20. The molecule has 0 aliphatic carbocycles. The van der Waals surface area contributed by atoms with Crippen LogP contribution in [0.4, 0.5) is 0 Å². The van der Waals surface area contributed by atoms with Crippen LogP contribution in [0.3, 0.4) is 0 Å². The van der Waals surface area contributed by atoms with Crippen molar-refractivity contribution in [1.82, 2.24) is 5.32 Å². The number of aliphatic hydroxyl groups is 2. The zero-order chi connectivity index (χ0) is 61.3. The van der Waals surface area contributed by atoms with Gasteiger partial charge in [-0.3, -0.25) is 9.59 Å². The van der Waals surface area contributed by atoms with Gasteiger partial charge in [0.15, 0.2) is 0 Å². The van der Waals surface area contributed by atoms with Gasteiger partial charge in [0.1, 0.15) is 0 Å². The number of hydrogen-bond acceptors (Lipinski definition) is 5. The van der Waals surface area contributed by atoms with Crippen molar-refractivity contribution in [3.8, 4) is 0 Å². The van der Waals surface area contributed by atoms with Crippen molar-refractivity contribution in [2.45, 2.75) is 443 Å². The quantitative estimate of drug-likeness (QED) is 0.0320. The zero-order valence-corrected chi connectivity index (χ0v) is 57.6. The van der Waals surface area contributed by atoms with Gasteiger partial charge < -0.3 is 20.3 Å². The van der Waals surface area contributed by atoms with Crippen molar-refractivity contribution < 1.29 is 24.5 Å². The van der Waals surface area contributed by atoms with Crippen LogP contribution >= 0.6 is 0 Å². The maximum Gasteiger partial charge on any atom is 0.305 e. The summed E-state index contributed by atoms with van der Waals surface area (Å²) < 4.78 is 5.50. The minimum Gasteiger partial charge on any atom is -0.466 e. The number of esters is 1. The molecule has 0 aromatic rings. The van der Waals surface area contributed by atoms with Gasteiger partial charge in [-0.05, 0) is 83.5 Å². The Morgan fingerprint density at radius 1 is 0.318 bits per heavy atom.